The fraction of sp³-hybridized carbons (Fsp3) is 0. The molecule has 0 bridgehead atoms. The Morgan fingerprint density at radius 3 is 0.755 bits per heavy atom. The number of benzene rings is 7. The van der Waals surface area contributed by atoms with E-state index in [2.05, 4.69) is 206 Å². The Balaban J connectivity index is 1.53. The molecule has 7 rings (SSSR count). The van der Waals surface area contributed by atoms with Crippen LogP contribution in [-0.4, -0.2) is 34.0 Å². The fourth-order valence-electron chi connectivity index (χ4n) is 6.36. The van der Waals surface area contributed by atoms with Crippen molar-refractivity contribution in [3.05, 3.63) is 212 Å². The van der Waals surface area contributed by atoms with Crippen molar-refractivity contribution in [2.24, 2.45) is 0 Å². The van der Waals surface area contributed by atoms with Crippen molar-refractivity contribution in [2.75, 3.05) is 0 Å². The van der Waals surface area contributed by atoms with Crippen LogP contribution >= 0.6 is 21.8 Å². The molecule has 0 fully saturated rings. The van der Waals surface area contributed by atoms with Crippen LogP contribution in [0.4, 0.5) is 0 Å². The van der Waals surface area contributed by atoms with Gasteiger partial charge in [0.15, 0.2) is 0 Å². The Labute approximate surface area is 308 Å². The van der Waals surface area contributed by atoms with Gasteiger partial charge in [-0.15, -0.1) is 0 Å². The van der Waals surface area contributed by atoms with Crippen LogP contribution in [0.2, 0.25) is 0 Å². The maximum atomic E-state index is 7.40. The fourth-order valence-corrected chi connectivity index (χ4v) is 121. The molecule has 0 unspecified atom stereocenters. The van der Waals surface area contributed by atoms with E-state index < -0.39 is 38.7 Å². The maximum absolute atomic E-state index is 7.40. The molecule has 7 heteroatoms. The van der Waals surface area contributed by atoms with Crippen molar-refractivity contribution in [2.45, 2.75) is 0 Å². The van der Waals surface area contributed by atoms with Gasteiger partial charge in [-0.25, -0.2) is 0 Å². The van der Waals surface area contributed by atoms with Crippen molar-refractivity contribution in [3.8, 4) is 5.75 Å². The number of hydrogen-bond acceptors (Lipinski definition) is 4. The quantitative estimate of drug-likeness (QED) is 0.0906. The Bertz CT molecular complexity index is 1780. The molecule has 240 valence electrons. The number of para-hydroxylation sites is 1. The molecule has 7 aromatic rings. The zero-order valence-electron chi connectivity index (χ0n) is 26.8. The van der Waals surface area contributed by atoms with Crippen molar-refractivity contribution in [1.82, 2.24) is 0 Å². The van der Waals surface area contributed by atoms with Crippen LogP contribution in [-0.2, 0) is 11.8 Å². The Morgan fingerprint density at radius 1 is 0.327 bits per heavy atom. The summed E-state index contributed by atoms with van der Waals surface area (Å²) in [6.45, 7) is 0. The zero-order valence-corrected chi connectivity index (χ0v) is 35.8. The van der Waals surface area contributed by atoms with Crippen molar-refractivity contribution in [1.29, 1.82) is 0 Å². The van der Waals surface area contributed by atoms with Crippen LogP contribution in [0.25, 0.3) is 0 Å². The predicted octanol–water partition coefficient (Wildman–Crippen LogP) is 8.09. The molecule has 0 aliphatic heterocycles. The standard InChI is InChI=1S/C6H7OPS3.6C6H5.2Sn/c9-8(10,11)7-6-4-2-1-3-5-6;6*1-2-4-6-5-3-1;;/h1-5H,(H2,9,10,11);6*1-5H;;/q;;;;;;;2*+1/p-2. The van der Waals surface area contributed by atoms with E-state index in [-0.39, 0.29) is 0 Å². The summed E-state index contributed by atoms with van der Waals surface area (Å²) in [5, 5.41) is 0. The first-order chi connectivity index (χ1) is 24.1. The molecule has 0 aliphatic rings. The summed E-state index contributed by atoms with van der Waals surface area (Å²) in [4.78, 5) is 0. The van der Waals surface area contributed by atoms with E-state index in [1.54, 1.807) is 0 Å². The summed E-state index contributed by atoms with van der Waals surface area (Å²) in [7, 11) is 4.07. The monoisotopic (exact) mass is 922 g/mol. The average molecular weight is 920 g/mol. The average Bonchev–Trinajstić information content (AvgIpc) is 3.18. The van der Waals surface area contributed by atoms with E-state index in [1.807, 2.05) is 23.2 Å². The van der Waals surface area contributed by atoms with Crippen LogP contribution in [0.3, 0.4) is 0 Å². The molecule has 0 saturated carbocycles. The van der Waals surface area contributed by atoms with Crippen LogP contribution < -0.4 is 26.0 Å². The third kappa shape index (κ3) is 7.51. The molecule has 7 aromatic carbocycles. The van der Waals surface area contributed by atoms with E-state index in [4.69, 9.17) is 16.3 Å². The summed E-state index contributed by atoms with van der Waals surface area (Å²) < 4.78 is 12.9. The van der Waals surface area contributed by atoms with Gasteiger partial charge < -0.3 is 0 Å². The van der Waals surface area contributed by atoms with E-state index in [0.29, 0.717) is 0 Å². The third-order valence-corrected chi connectivity index (χ3v) is 86.3. The summed E-state index contributed by atoms with van der Waals surface area (Å²) in [5.41, 5.74) is 0. The first-order valence-corrected chi connectivity index (χ1v) is 37.3. The predicted molar refractivity (Wildman–Crippen MR) is 225 cm³/mol. The molecule has 0 aliphatic carbocycles. The topological polar surface area (TPSA) is 9.23 Å². The van der Waals surface area contributed by atoms with Crippen LogP contribution in [0.1, 0.15) is 0 Å². The first kappa shape index (κ1) is 34.7. The van der Waals surface area contributed by atoms with E-state index in [1.165, 1.54) is 21.5 Å². The van der Waals surface area contributed by atoms with Crippen molar-refractivity contribution >= 4 is 89.1 Å². The van der Waals surface area contributed by atoms with E-state index in [0.717, 1.165) is 5.75 Å². The molecule has 1 nitrogen and oxygen atoms in total. The van der Waals surface area contributed by atoms with Crippen LogP contribution in [0, 0.1) is 0 Å². The molecule has 0 heterocycles. The number of hydrogen-bond donors (Lipinski definition) is 0. The van der Waals surface area contributed by atoms with Gasteiger partial charge in [0.1, 0.15) is 0 Å². The minimum atomic E-state index is -4.00. The summed E-state index contributed by atoms with van der Waals surface area (Å²) in [5.74, 6) is 0.828. The minimum absolute atomic E-state index is 0.828. The van der Waals surface area contributed by atoms with Gasteiger partial charge in [0.25, 0.3) is 0 Å². The van der Waals surface area contributed by atoms with Gasteiger partial charge in [0, 0.05) is 0 Å². The second kappa shape index (κ2) is 16.1. The van der Waals surface area contributed by atoms with Crippen molar-refractivity contribution < 1.29 is 4.52 Å². The van der Waals surface area contributed by atoms with Gasteiger partial charge in [0.05, 0.1) is 0 Å². The first-order valence-electron chi connectivity index (χ1n) is 16.2. The molecule has 0 saturated heterocycles. The Morgan fingerprint density at radius 2 is 0.531 bits per heavy atom. The number of rotatable bonds is 12. The molecular weight excluding hydrogens is 885 g/mol. The van der Waals surface area contributed by atoms with E-state index in [9.17, 15) is 0 Å². The molecule has 0 N–H and O–H groups in total. The Hall–Kier alpha value is -2.71. The molecule has 0 amide bonds. The van der Waals surface area contributed by atoms with Crippen LogP contribution in [0.5, 0.6) is 5.75 Å². The second-order valence-electron chi connectivity index (χ2n) is 11.6. The van der Waals surface area contributed by atoms with Crippen molar-refractivity contribution in [3.63, 3.8) is 0 Å². The summed E-state index contributed by atoms with van der Waals surface area (Å²) in [6.07, 6.45) is 0. The molecule has 0 aromatic heterocycles. The third-order valence-electron chi connectivity index (χ3n) is 8.54. The molecule has 49 heavy (non-hydrogen) atoms. The van der Waals surface area contributed by atoms with Gasteiger partial charge in [0.2, 0.25) is 0 Å². The molecule has 0 radical (unpaired) electrons. The van der Waals surface area contributed by atoms with Gasteiger partial charge in [-0.3, -0.25) is 0 Å². The summed E-state index contributed by atoms with van der Waals surface area (Å²) >= 11 is -0.801. The van der Waals surface area contributed by atoms with E-state index >= 15 is 0 Å². The Kier molecular flexibility index (Phi) is 11.4. The second-order valence-corrected chi connectivity index (χ2v) is 56.1. The van der Waals surface area contributed by atoms with Gasteiger partial charge in [-0.05, 0) is 0 Å². The zero-order chi connectivity index (χ0) is 33.4. The molecule has 0 spiro atoms. The summed E-state index contributed by atoms with van der Waals surface area (Å²) in [6, 6.07) is 77.2. The van der Waals surface area contributed by atoms with Gasteiger partial charge in [-0.1, -0.05) is 0 Å². The SMILES string of the molecule is S=P(Oc1ccccc1)([S][Sn]([c]1ccccc1)([c]1ccccc1)[c]1ccccc1)[S][Sn]([c]1ccccc1)([c]1ccccc1)[c]1ccccc1. The molecule has 0 atom stereocenters. The normalized spacial score (nSPS) is 11.9. The van der Waals surface area contributed by atoms with Gasteiger partial charge in [-0.2, -0.15) is 0 Å². The molecular formula is C42H35OPS3Sn2. The van der Waals surface area contributed by atoms with Crippen LogP contribution in [0.15, 0.2) is 212 Å². The van der Waals surface area contributed by atoms with Gasteiger partial charge >= 0.3 is 312 Å².